The van der Waals surface area contributed by atoms with Gasteiger partial charge in [-0.15, -0.1) is 6.58 Å². The quantitative estimate of drug-likeness (QED) is 0.0468. The number of hydrogen-bond donors (Lipinski definition) is 0. The van der Waals surface area contributed by atoms with Crippen LogP contribution in [0.2, 0.25) is 51.4 Å². The van der Waals surface area contributed by atoms with Crippen molar-refractivity contribution < 1.29 is 28.4 Å². The summed E-state index contributed by atoms with van der Waals surface area (Å²) in [5.41, 5.74) is 13.4. The van der Waals surface area contributed by atoms with Gasteiger partial charge in [-0.2, -0.15) is 0 Å². The Balaban J connectivity index is 0.000000197. The zero-order valence-corrected chi connectivity index (χ0v) is 44.3. The lowest BCUT2D eigenvalue weighted by Crippen LogP contribution is -2.22. The average molecular weight is 998 g/mol. The molecule has 0 saturated carbocycles. The molecule has 66 heavy (non-hydrogen) atoms. The van der Waals surface area contributed by atoms with E-state index in [1.807, 2.05) is 26.1 Å². The Labute approximate surface area is 401 Å². The van der Waals surface area contributed by atoms with Crippen molar-refractivity contribution in [2.24, 2.45) is 0 Å². The SMILES string of the molecule is C=CCc1cnc2c(n1)c(CC)c(-c1ccc(C3(C)OCCO3)cc1)n2COCC[Si](C)(C)C.CCc1c(-c2ccc(C3(C)OCCO3)cc2)n(COCC[Si](C)(C)C)c2ncc(Br)nc12. The molecular formula is C51H69BrN6O6Si2. The van der Waals surface area contributed by atoms with Crippen molar-refractivity contribution in [2.45, 2.75) is 123 Å². The van der Waals surface area contributed by atoms with Gasteiger partial charge in [-0.05, 0) is 65.8 Å². The molecule has 0 aliphatic carbocycles. The summed E-state index contributed by atoms with van der Waals surface area (Å²) in [6.07, 6.45) is 7.88. The van der Waals surface area contributed by atoms with Crippen LogP contribution in [0.5, 0.6) is 0 Å². The molecule has 2 saturated heterocycles. The van der Waals surface area contributed by atoms with Gasteiger partial charge in [0.25, 0.3) is 0 Å². The Morgan fingerprint density at radius 1 is 0.652 bits per heavy atom. The first-order chi connectivity index (χ1) is 31.5. The van der Waals surface area contributed by atoms with Crippen LogP contribution in [0, 0.1) is 0 Å². The molecule has 12 nitrogen and oxygen atoms in total. The van der Waals surface area contributed by atoms with Gasteiger partial charge in [0.1, 0.15) is 29.1 Å². The Hall–Kier alpha value is -3.91. The predicted molar refractivity (Wildman–Crippen MR) is 273 cm³/mol. The number of aryl methyl sites for hydroxylation is 2. The van der Waals surface area contributed by atoms with Crippen molar-refractivity contribution >= 4 is 54.4 Å². The van der Waals surface area contributed by atoms with Gasteiger partial charge < -0.3 is 28.4 Å². The van der Waals surface area contributed by atoms with Crippen LogP contribution in [0.4, 0.5) is 0 Å². The minimum atomic E-state index is -1.17. The first kappa shape index (κ1) is 50.0. The van der Waals surface area contributed by atoms with Gasteiger partial charge in [0.2, 0.25) is 0 Å². The van der Waals surface area contributed by atoms with Crippen LogP contribution in [0.1, 0.15) is 55.6 Å². The maximum Gasteiger partial charge on any atom is 0.192 e. The molecule has 0 radical (unpaired) electrons. The zero-order chi connectivity index (χ0) is 47.3. The summed E-state index contributed by atoms with van der Waals surface area (Å²) in [4.78, 5) is 19.2. The van der Waals surface area contributed by atoms with E-state index >= 15 is 0 Å². The number of aromatic nitrogens is 6. The van der Waals surface area contributed by atoms with E-state index in [0.29, 0.717) is 46.3 Å². The van der Waals surface area contributed by atoms with Crippen LogP contribution < -0.4 is 0 Å². The van der Waals surface area contributed by atoms with Crippen molar-refractivity contribution in [1.82, 2.24) is 29.1 Å². The van der Waals surface area contributed by atoms with Gasteiger partial charge in [0.15, 0.2) is 22.9 Å². The summed E-state index contributed by atoms with van der Waals surface area (Å²) in [6.45, 7) is 31.2. The molecule has 0 N–H and O–H groups in total. The van der Waals surface area contributed by atoms with Gasteiger partial charge in [0.05, 0.1) is 55.9 Å². The molecule has 2 aliphatic rings. The molecule has 354 valence electrons. The number of ether oxygens (including phenoxy) is 6. The van der Waals surface area contributed by atoms with Crippen LogP contribution in [-0.4, -0.2) is 84.9 Å². The van der Waals surface area contributed by atoms with Gasteiger partial charge in [0, 0.05) is 58.0 Å². The fourth-order valence-corrected chi connectivity index (χ4v) is 10.3. The van der Waals surface area contributed by atoms with Crippen molar-refractivity contribution in [1.29, 1.82) is 0 Å². The Morgan fingerprint density at radius 2 is 1.06 bits per heavy atom. The molecule has 2 aliphatic heterocycles. The van der Waals surface area contributed by atoms with E-state index in [1.54, 1.807) is 6.20 Å². The number of nitrogens with zero attached hydrogens (tertiary/aromatic N) is 6. The smallest absolute Gasteiger partial charge is 0.192 e. The van der Waals surface area contributed by atoms with Crippen LogP contribution in [0.15, 0.2) is 78.2 Å². The lowest BCUT2D eigenvalue weighted by atomic mass is 10.0. The van der Waals surface area contributed by atoms with Gasteiger partial charge in [-0.1, -0.05) is 108 Å². The fraction of sp³-hybridized carbons (Fsp3) is 0.490. The molecule has 0 unspecified atom stereocenters. The minimum Gasteiger partial charge on any atom is -0.361 e. The van der Waals surface area contributed by atoms with Crippen molar-refractivity contribution in [2.75, 3.05) is 39.6 Å². The van der Waals surface area contributed by atoms with Crippen LogP contribution >= 0.6 is 15.9 Å². The van der Waals surface area contributed by atoms with E-state index in [2.05, 4.69) is 133 Å². The molecule has 0 bridgehead atoms. The van der Waals surface area contributed by atoms with E-state index < -0.39 is 27.7 Å². The Morgan fingerprint density at radius 3 is 1.45 bits per heavy atom. The van der Waals surface area contributed by atoms with E-state index in [0.717, 1.165) is 104 Å². The van der Waals surface area contributed by atoms with Gasteiger partial charge >= 0.3 is 0 Å². The third-order valence-corrected chi connectivity index (χ3v) is 16.0. The molecule has 2 fully saturated rings. The maximum absolute atomic E-state index is 6.20. The molecule has 2 aromatic carbocycles. The second-order valence-corrected chi connectivity index (χ2v) is 31.8. The molecule has 0 amide bonds. The largest absolute Gasteiger partial charge is 0.361 e. The maximum atomic E-state index is 6.20. The number of allylic oxidation sites excluding steroid dienone is 1. The van der Waals surface area contributed by atoms with Gasteiger partial charge in [-0.25, -0.2) is 19.9 Å². The number of hydrogen-bond acceptors (Lipinski definition) is 10. The van der Waals surface area contributed by atoms with Crippen molar-refractivity contribution in [3.63, 3.8) is 0 Å². The van der Waals surface area contributed by atoms with Crippen LogP contribution in [-0.2, 0) is 72.7 Å². The Bertz CT molecular complexity index is 2590. The molecule has 4 aromatic heterocycles. The van der Waals surface area contributed by atoms with Gasteiger partial charge in [-0.3, -0.25) is 9.13 Å². The van der Waals surface area contributed by atoms with Crippen molar-refractivity contribution in [3.8, 4) is 22.5 Å². The second kappa shape index (κ2) is 21.2. The first-order valence-electron chi connectivity index (χ1n) is 23.4. The van der Waals surface area contributed by atoms with E-state index in [4.69, 9.17) is 48.4 Å². The summed E-state index contributed by atoms with van der Waals surface area (Å²) < 4.78 is 40.8. The summed E-state index contributed by atoms with van der Waals surface area (Å²) in [5.74, 6) is -1.35. The summed E-state index contributed by atoms with van der Waals surface area (Å²) in [6, 6.07) is 19.2. The number of fused-ring (bicyclic) bond motifs is 2. The zero-order valence-electron chi connectivity index (χ0n) is 40.8. The third-order valence-electron chi connectivity index (χ3n) is 12.3. The molecule has 0 atom stereocenters. The number of rotatable bonds is 18. The molecule has 0 spiro atoms. The third kappa shape index (κ3) is 11.5. The highest BCUT2D eigenvalue weighted by atomic mass is 79.9. The lowest BCUT2D eigenvalue weighted by molar-refractivity contribution is -0.150. The first-order valence-corrected chi connectivity index (χ1v) is 31.6. The molecular weight excluding hydrogens is 929 g/mol. The van der Waals surface area contributed by atoms with Crippen LogP contribution in [0.3, 0.4) is 0 Å². The number of benzene rings is 2. The standard InChI is InChI=1S/C27H37N3O3Si.C24H32BrN3O3Si/c1-7-9-22-18-28-26-24(29-22)23(8-2)25(30(26)19-31-16-17-34(4,5)6)20-10-12-21(13-11-20)27(3)32-14-15-33-27;1-6-19-21-23(26-15-20(25)27-21)28(16-29-13-14-32(3,4)5)22(19)17-7-9-18(10-8-17)24(2)30-11-12-31-24/h7,10-13,18H,1,8-9,14-17,19H2,2-6H3;7-10,15H,6,11-14,16H2,1-5H3. The monoisotopic (exact) mass is 996 g/mol. The molecule has 8 rings (SSSR count). The summed E-state index contributed by atoms with van der Waals surface area (Å²) >= 11 is 3.49. The minimum absolute atomic E-state index is 0.456. The summed E-state index contributed by atoms with van der Waals surface area (Å²) in [7, 11) is -2.32. The fourth-order valence-electron chi connectivity index (χ4n) is 8.46. The highest BCUT2D eigenvalue weighted by Crippen LogP contribution is 2.38. The van der Waals surface area contributed by atoms with Crippen LogP contribution in [0.25, 0.3) is 44.8 Å². The normalized spacial score (nSPS) is 16.0. The Kier molecular flexibility index (Phi) is 16.0. The number of halogens is 1. The second-order valence-electron chi connectivity index (χ2n) is 19.7. The lowest BCUT2D eigenvalue weighted by Gasteiger charge is -2.23. The predicted octanol–water partition coefficient (Wildman–Crippen LogP) is 11.9. The topological polar surface area (TPSA) is 117 Å². The average Bonchev–Trinajstić information content (AvgIpc) is 4.07. The highest BCUT2D eigenvalue weighted by molar-refractivity contribution is 9.10. The van der Waals surface area contributed by atoms with E-state index in [9.17, 15) is 0 Å². The highest BCUT2D eigenvalue weighted by Gasteiger charge is 2.34. The molecule has 6 aromatic rings. The van der Waals surface area contributed by atoms with Crippen molar-refractivity contribution in [3.05, 3.63) is 106 Å². The van der Waals surface area contributed by atoms with E-state index in [1.165, 1.54) is 11.1 Å². The molecule has 15 heteroatoms. The summed E-state index contributed by atoms with van der Waals surface area (Å²) in [5, 5.41) is 0. The molecule has 6 heterocycles. The van der Waals surface area contributed by atoms with E-state index in [-0.39, 0.29) is 0 Å².